The van der Waals surface area contributed by atoms with E-state index in [9.17, 15) is 9.59 Å². The van der Waals surface area contributed by atoms with E-state index in [-0.39, 0.29) is 18.4 Å². The maximum absolute atomic E-state index is 13.3. The Morgan fingerprint density at radius 2 is 1.81 bits per heavy atom. The summed E-state index contributed by atoms with van der Waals surface area (Å²) in [6, 6.07) is 15.5. The maximum Gasteiger partial charge on any atom is 0.350 e. The van der Waals surface area contributed by atoms with Crippen LogP contribution in [0.5, 0.6) is 0 Å². The lowest BCUT2D eigenvalue weighted by Gasteiger charge is -2.12. The van der Waals surface area contributed by atoms with Crippen molar-refractivity contribution in [2.45, 2.75) is 6.92 Å². The highest BCUT2D eigenvalue weighted by Gasteiger charge is 2.35. The highest BCUT2D eigenvalue weighted by atomic mass is 32.1. The molecule has 4 heterocycles. The van der Waals surface area contributed by atoms with Crippen LogP contribution in [0, 0.1) is 0 Å². The second kappa shape index (κ2) is 7.25. The first kappa shape index (κ1) is 19.2. The fraction of sp³-hybridized carbons (Fsp3) is 0.0800. The van der Waals surface area contributed by atoms with E-state index < -0.39 is 0 Å². The summed E-state index contributed by atoms with van der Waals surface area (Å²) in [5.74, 6) is -0.466. The van der Waals surface area contributed by atoms with Crippen LogP contribution in [-0.2, 0) is 4.74 Å². The Bertz CT molecular complexity index is 1510. The minimum atomic E-state index is -0.386. The third-order valence-electron chi connectivity index (χ3n) is 5.56. The minimum absolute atomic E-state index is 0.0797. The predicted molar refractivity (Wildman–Crippen MR) is 127 cm³/mol. The number of thiophene rings is 2. The SMILES string of the molecule is CCOC(=O)c1sc2nc3c(c(-c4cccs4)c2c1-n1cccc1)-c1ccccc1C3=O. The monoisotopic (exact) mass is 456 g/mol. The van der Waals surface area contributed by atoms with Crippen LogP contribution in [0.3, 0.4) is 0 Å². The van der Waals surface area contributed by atoms with E-state index >= 15 is 0 Å². The highest BCUT2D eigenvalue weighted by molar-refractivity contribution is 7.21. The van der Waals surface area contributed by atoms with E-state index in [1.807, 2.05) is 70.9 Å². The zero-order valence-corrected chi connectivity index (χ0v) is 18.6. The van der Waals surface area contributed by atoms with Crippen molar-refractivity contribution in [2.24, 2.45) is 0 Å². The normalized spacial score (nSPS) is 12.2. The van der Waals surface area contributed by atoms with Crippen molar-refractivity contribution in [3.63, 3.8) is 0 Å². The zero-order valence-electron chi connectivity index (χ0n) is 17.0. The van der Waals surface area contributed by atoms with Gasteiger partial charge in [-0.15, -0.1) is 22.7 Å². The average Bonchev–Trinajstić information content (AvgIpc) is 3.60. The molecule has 156 valence electrons. The van der Waals surface area contributed by atoms with Crippen LogP contribution in [0.25, 0.3) is 37.5 Å². The molecule has 7 heteroatoms. The molecule has 0 unspecified atom stereocenters. The second-order valence-corrected chi connectivity index (χ2v) is 9.28. The van der Waals surface area contributed by atoms with Crippen molar-refractivity contribution in [1.82, 2.24) is 9.55 Å². The number of rotatable bonds is 4. The number of benzene rings is 1. The van der Waals surface area contributed by atoms with Gasteiger partial charge in [0.1, 0.15) is 15.4 Å². The van der Waals surface area contributed by atoms with E-state index in [1.165, 1.54) is 11.3 Å². The molecule has 0 saturated carbocycles. The summed E-state index contributed by atoms with van der Waals surface area (Å²) in [4.78, 5) is 33.2. The van der Waals surface area contributed by atoms with Gasteiger partial charge in [0, 0.05) is 39.3 Å². The molecule has 5 aromatic rings. The molecule has 0 fully saturated rings. The van der Waals surface area contributed by atoms with Crippen molar-refractivity contribution in [3.05, 3.63) is 82.4 Å². The third kappa shape index (κ3) is 2.65. The summed E-state index contributed by atoms with van der Waals surface area (Å²) in [5, 5.41) is 2.88. The van der Waals surface area contributed by atoms with Gasteiger partial charge >= 0.3 is 5.97 Å². The Hall–Kier alpha value is -3.55. The van der Waals surface area contributed by atoms with Gasteiger partial charge in [-0.1, -0.05) is 30.3 Å². The molecule has 32 heavy (non-hydrogen) atoms. The first-order valence-electron chi connectivity index (χ1n) is 10.2. The summed E-state index contributed by atoms with van der Waals surface area (Å²) < 4.78 is 7.30. The van der Waals surface area contributed by atoms with Gasteiger partial charge in [-0.05, 0) is 36.1 Å². The fourth-order valence-electron chi connectivity index (χ4n) is 4.30. The molecule has 5 nitrogen and oxygen atoms in total. The Morgan fingerprint density at radius 3 is 2.53 bits per heavy atom. The Morgan fingerprint density at radius 1 is 1.03 bits per heavy atom. The number of carbonyl (C=O) groups excluding carboxylic acids is 2. The zero-order chi connectivity index (χ0) is 21.8. The van der Waals surface area contributed by atoms with Gasteiger partial charge in [0.15, 0.2) is 0 Å². The van der Waals surface area contributed by atoms with E-state index in [0.717, 1.165) is 32.6 Å². The number of ketones is 1. The van der Waals surface area contributed by atoms with Crippen LogP contribution in [0.2, 0.25) is 0 Å². The summed E-state index contributed by atoms with van der Waals surface area (Å²) in [6.45, 7) is 2.08. The van der Waals surface area contributed by atoms with Gasteiger partial charge in [-0.2, -0.15) is 0 Å². The summed E-state index contributed by atoms with van der Waals surface area (Å²) in [5.41, 5.74) is 4.50. The van der Waals surface area contributed by atoms with E-state index in [1.54, 1.807) is 18.3 Å². The highest BCUT2D eigenvalue weighted by Crippen LogP contribution is 2.50. The molecule has 1 aromatic carbocycles. The molecule has 1 aliphatic rings. The van der Waals surface area contributed by atoms with Gasteiger partial charge in [-0.25, -0.2) is 9.78 Å². The van der Waals surface area contributed by atoms with Gasteiger partial charge in [0.05, 0.1) is 12.3 Å². The Kier molecular flexibility index (Phi) is 4.34. The second-order valence-electron chi connectivity index (χ2n) is 7.33. The molecule has 0 saturated heterocycles. The van der Waals surface area contributed by atoms with Crippen LogP contribution in [-0.4, -0.2) is 27.9 Å². The summed E-state index contributed by atoms with van der Waals surface area (Å²) in [7, 11) is 0. The van der Waals surface area contributed by atoms with Gasteiger partial charge in [-0.3, -0.25) is 4.79 Å². The molecule has 6 rings (SSSR count). The molecule has 0 bridgehead atoms. The summed E-state index contributed by atoms with van der Waals surface area (Å²) >= 11 is 2.88. The number of fused-ring (bicyclic) bond motifs is 4. The Labute approximate surface area is 191 Å². The molecule has 0 radical (unpaired) electrons. The number of hydrogen-bond acceptors (Lipinski definition) is 6. The predicted octanol–water partition coefficient (Wildman–Crippen LogP) is 6.20. The number of pyridine rings is 1. The molecule has 0 amide bonds. The number of carbonyl (C=O) groups is 2. The van der Waals surface area contributed by atoms with Gasteiger partial charge < -0.3 is 9.30 Å². The first-order valence-corrected chi connectivity index (χ1v) is 11.9. The van der Waals surface area contributed by atoms with E-state index in [0.29, 0.717) is 21.0 Å². The molecule has 0 atom stereocenters. The van der Waals surface area contributed by atoms with Gasteiger partial charge in [0.25, 0.3) is 0 Å². The van der Waals surface area contributed by atoms with Crippen molar-refractivity contribution in [1.29, 1.82) is 0 Å². The van der Waals surface area contributed by atoms with Crippen LogP contribution in [0.15, 0.2) is 66.3 Å². The standard InChI is InChI=1S/C25H16N2O3S2/c1-2-30-25(29)23-21(27-11-5-6-12-27)19-18(16-10-7-13-31-16)17-14-8-3-4-9-15(14)22(28)20(17)26-24(19)32-23/h3-13H,2H2,1H3. The van der Waals surface area contributed by atoms with Crippen LogP contribution in [0.1, 0.15) is 32.6 Å². The van der Waals surface area contributed by atoms with Crippen LogP contribution >= 0.6 is 22.7 Å². The molecule has 0 aliphatic heterocycles. The number of hydrogen-bond donors (Lipinski definition) is 0. The van der Waals surface area contributed by atoms with Gasteiger partial charge in [0.2, 0.25) is 5.78 Å². The molecule has 0 N–H and O–H groups in total. The quantitative estimate of drug-likeness (QED) is 0.296. The lowest BCUT2D eigenvalue weighted by atomic mass is 9.97. The van der Waals surface area contributed by atoms with E-state index in [4.69, 9.17) is 9.72 Å². The van der Waals surface area contributed by atoms with Crippen molar-refractivity contribution >= 4 is 44.6 Å². The van der Waals surface area contributed by atoms with Crippen molar-refractivity contribution < 1.29 is 14.3 Å². The lowest BCUT2D eigenvalue weighted by molar-refractivity contribution is 0.0532. The fourth-order valence-corrected chi connectivity index (χ4v) is 6.16. The maximum atomic E-state index is 13.3. The number of ether oxygens (including phenoxy) is 1. The molecular weight excluding hydrogens is 440 g/mol. The topological polar surface area (TPSA) is 61.2 Å². The Balaban J connectivity index is 1.81. The largest absolute Gasteiger partial charge is 0.462 e. The smallest absolute Gasteiger partial charge is 0.350 e. The molecule has 0 spiro atoms. The first-order chi connectivity index (χ1) is 15.7. The van der Waals surface area contributed by atoms with Crippen molar-refractivity contribution in [2.75, 3.05) is 6.61 Å². The number of aromatic nitrogens is 2. The summed E-state index contributed by atoms with van der Waals surface area (Å²) in [6.07, 6.45) is 3.82. The minimum Gasteiger partial charge on any atom is -0.462 e. The average molecular weight is 457 g/mol. The van der Waals surface area contributed by atoms with Crippen LogP contribution in [0.4, 0.5) is 0 Å². The number of esters is 1. The van der Waals surface area contributed by atoms with Crippen LogP contribution < -0.4 is 0 Å². The van der Waals surface area contributed by atoms with Crippen molar-refractivity contribution in [3.8, 4) is 27.3 Å². The molecular formula is C25H16N2O3S2. The number of nitrogens with zero attached hydrogens (tertiary/aromatic N) is 2. The molecule has 1 aliphatic carbocycles. The molecule has 4 aromatic heterocycles. The lowest BCUT2D eigenvalue weighted by Crippen LogP contribution is -2.06. The van der Waals surface area contributed by atoms with E-state index in [2.05, 4.69) is 0 Å². The third-order valence-corrected chi connectivity index (χ3v) is 7.50.